The van der Waals surface area contributed by atoms with E-state index in [1.807, 2.05) is 30.0 Å². The minimum Gasteiger partial charge on any atom is -0.497 e. The molecule has 0 aromatic heterocycles. The van der Waals surface area contributed by atoms with Crippen LogP contribution in [0.5, 0.6) is 5.75 Å². The maximum absolute atomic E-state index is 5.22. The summed E-state index contributed by atoms with van der Waals surface area (Å²) in [5.74, 6) is 2.91. The zero-order valence-electron chi connectivity index (χ0n) is 13.0. The Hall–Kier alpha value is -0.630. The molecule has 0 aliphatic heterocycles. The van der Waals surface area contributed by atoms with Gasteiger partial charge in [-0.05, 0) is 43.0 Å². The Morgan fingerprint density at radius 2 is 2.14 bits per heavy atom. The predicted molar refractivity (Wildman–Crippen MR) is 104 cm³/mol. The third-order valence-electron chi connectivity index (χ3n) is 2.72. The highest BCUT2D eigenvalue weighted by Gasteiger charge is 1.98. The normalized spacial score (nSPS) is 10.7. The van der Waals surface area contributed by atoms with Crippen molar-refractivity contribution in [3.8, 4) is 5.75 Å². The third-order valence-corrected chi connectivity index (χ3v) is 3.41. The van der Waals surface area contributed by atoms with Gasteiger partial charge in [-0.1, -0.05) is 12.1 Å². The second-order valence-corrected chi connectivity index (χ2v) is 5.31. The summed E-state index contributed by atoms with van der Waals surface area (Å²) in [6, 6.07) is 8.01. The first-order chi connectivity index (χ1) is 9.80. The van der Waals surface area contributed by atoms with E-state index in [0.717, 1.165) is 36.8 Å². The zero-order chi connectivity index (χ0) is 14.6. The van der Waals surface area contributed by atoms with Crippen LogP contribution in [-0.2, 0) is 6.54 Å². The molecule has 0 bridgehead atoms. The van der Waals surface area contributed by atoms with Crippen LogP contribution >= 0.6 is 35.7 Å². The Morgan fingerprint density at radius 3 is 2.81 bits per heavy atom. The van der Waals surface area contributed by atoms with E-state index in [9.17, 15) is 0 Å². The summed E-state index contributed by atoms with van der Waals surface area (Å²) >= 11 is 1.87. The molecule has 0 radical (unpaired) electrons. The van der Waals surface area contributed by atoms with Crippen molar-refractivity contribution >= 4 is 41.7 Å². The molecule has 1 aromatic rings. The van der Waals surface area contributed by atoms with Gasteiger partial charge >= 0.3 is 0 Å². The second-order valence-electron chi connectivity index (χ2n) is 4.32. The first-order valence-electron chi connectivity index (χ1n) is 6.94. The van der Waals surface area contributed by atoms with Gasteiger partial charge in [-0.3, -0.25) is 0 Å². The minimum atomic E-state index is 0. The quantitative estimate of drug-likeness (QED) is 0.292. The molecule has 4 nitrogen and oxygen atoms in total. The van der Waals surface area contributed by atoms with Gasteiger partial charge in [-0.2, -0.15) is 11.8 Å². The number of halogens is 1. The van der Waals surface area contributed by atoms with Crippen molar-refractivity contribution in [2.75, 3.05) is 32.2 Å². The van der Waals surface area contributed by atoms with Gasteiger partial charge in [-0.15, -0.1) is 24.0 Å². The number of methoxy groups -OCH3 is 1. The molecular formula is C15H26IN3OS. The summed E-state index contributed by atoms with van der Waals surface area (Å²) in [7, 11) is 1.68. The Kier molecular flexibility index (Phi) is 12.7. The van der Waals surface area contributed by atoms with Crippen molar-refractivity contribution in [3.63, 3.8) is 0 Å². The van der Waals surface area contributed by atoms with Crippen LogP contribution in [0.15, 0.2) is 29.3 Å². The monoisotopic (exact) mass is 423 g/mol. The maximum atomic E-state index is 5.22. The molecule has 0 fully saturated rings. The van der Waals surface area contributed by atoms with Gasteiger partial charge in [0, 0.05) is 13.1 Å². The molecule has 0 unspecified atom stereocenters. The number of guanidine groups is 1. The van der Waals surface area contributed by atoms with Gasteiger partial charge in [0.25, 0.3) is 0 Å². The van der Waals surface area contributed by atoms with E-state index in [-0.39, 0.29) is 24.0 Å². The highest BCUT2D eigenvalue weighted by Crippen LogP contribution is 2.13. The molecule has 0 saturated heterocycles. The van der Waals surface area contributed by atoms with Crippen LogP contribution in [0, 0.1) is 0 Å². The molecule has 0 aliphatic carbocycles. The molecule has 120 valence electrons. The lowest BCUT2D eigenvalue weighted by molar-refractivity contribution is 0.414. The molecule has 0 heterocycles. The number of ether oxygens (including phenoxy) is 1. The number of rotatable bonds is 8. The largest absolute Gasteiger partial charge is 0.497 e. The topological polar surface area (TPSA) is 45.7 Å². The maximum Gasteiger partial charge on any atom is 0.191 e. The third kappa shape index (κ3) is 9.08. The van der Waals surface area contributed by atoms with Crippen LogP contribution in [0.2, 0.25) is 0 Å². The molecule has 0 saturated carbocycles. The molecular weight excluding hydrogens is 397 g/mol. The van der Waals surface area contributed by atoms with E-state index in [2.05, 4.69) is 34.9 Å². The van der Waals surface area contributed by atoms with E-state index < -0.39 is 0 Å². The van der Waals surface area contributed by atoms with Gasteiger partial charge < -0.3 is 15.4 Å². The Morgan fingerprint density at radius 1 is 1.33 bits per heavy atom. The van der Waals surface area contributed by atoms with Crippen LogP contribution < -0.4 is 15.4 Å². The highest BCUT2D eigenvalue weighted by atomic mass is 127. The second kappa shape index (κ2) is 13.1. The van der Waals surface area contributed by atoms with Crippen LogP contribution in [-0.4, -0.2) is 38.2 Å². The lowest BCUT2D eigenvalue weighted by Gasteiger charge is -2.11. The number of hydrogen-bond acceptors (Lipinski definition) is 3. The molecule has 6 heteroatoms. The SMILES string of the molecule is CCNC(=NCc1cccc(OC)c1)NCCCSC.I. The fraction of sp³-hybridized carbons (Fsp3) is 0.533. The average Bonchev–Trinajstić information content (AvgIpc) is 2.49. The fourth-order valence-corrected chi connectivity index (χ4v) is 2.14. The first-order valence-corrected chi connectivity index (χ1v) is 8.33. The Balaban J connectivity index is 0.00000400. The molecule has 1 rings (SSSR count). The molecule has 0 atom stereocenters. The molecule has 0 amide bonds. The minimum absolute atomic E-state index is 0. The smallest absolute Gasteiger partial charge is 0.191 e. The number of benzene rings is 1. The average molecular weight is 423 g/mol. The van der Waals surface area contributed by atoms with Crippen molar-refractivity contribution in [1.82, 2.24) is 10.6 Å². The Labute approximate surface area is 149 Å². The molecule has 21 heavy (non-hydrogen) atoms. The lowest BCUT2D eigenvalue weighted by Crippen LogP contribution is -2.37. The van der Waals surface area contributed by atoms with Crippen molar-refractivity contribution in [1.29, 1.82) is 0 Å². The van der Waals surface area contributed by atoms with Gasteiger partial charge in [0.05, 0.1) is 13.7 Å². The van der Waals surface area contributed by atoms with Gasteiger partial charge in [-0.25, -0.2) is 4.99 Å². The number of thioether (sulfide) groups is 1. The van der Waals surface area contributed by atoms with Crippen molar-refractivity contribution < 1.29 is 4.74 Å². The van der Waals surface area contributed by atoms with E-state index in [0.29, 0.717) is 6.54 Å². The first kappa shape index (κ1) is 20.4. The highest BCUT2D eigenvalue weighted by molar-refractivity contribution is 14.0. The fourth-order valence-electron chi connectivity index (χ4n) is 1.71. The van der Waals surface area contributed by atoms with E-state index in [1.165, 1.54) is 5.75 Å². The van der Waals surface area contributed by atoms with Gasteiger partial charge in [0.15, 0.2) is 5.96 Å². The van der Waals surface area contributed by atoms with Crippen LogP contribution in [0.4, 0.5) is 0 Å². The zero-order valence-corrected chi connectivity index (χ0v) is 16.2. The standard InChI is InChI=1S/C15H25N3OS.HI/c1-4-16-15(17-9-6-10-20-3)18-12-13-7-5-8-14(11-13)19-2;/h5,7-8,11H,4,6,9-10,12H2,1-3H3,(H2,16,17,18);1H. The molecule has 0 aliphatic rings. The summed E-state index contributed by atoms with van der Waals surface area (Å²) in [4.78, 5) is 4.59. The summed E-state index contributed by atoms with van der Waals surface area (Å²) in [5.41, 5.74) is 1.14. The number of nitrogens with one attached hydrogen (secondary N) is 2. The summed E-state index contributed by atoms with van der Waals surface area (Å²) < 4.78 is 5.22. The molecule has 0 spiro atoms. The molecule has 2 N–H and O–H groups in total. The van der Waals surface area contributed by atoms with E-state index in [1.54, 1.807) is 7.11 Å². The Bertz CT molecular complexity index is 416. The van der Waals surface area contributed by atoms with E-state index >= 15 is 0 Å². The van der Waals surface area contributed by atoms with Crippen molar-refractivity contribution in [2.45, 2.75) is 19.9 Å². The lowest BCUT2D eigenvalue weighted by atomic mass is 10.2. The van der Waals surface area contributed by atoms with Crippen LogP contribution in [0.25, 0.3) is 0 Å². The number of hydrogen-bond donors (Lipinski definition) is 2. The van der Waals surface area contributed by atoms with Crippen LogP contribution in [0.1, 0.15) is 18.9 Å². The molecule has 1 aromatic carbocycles. The predicted octanol–water partition coefficient (Wildman–Crippen LogP) is 3.12. The van der Waals surface area contributed by atoms with Crippen LogP contribution in [0.3, 0.4) is 0 Å². The summed E-state index contributed by atoms with van der Waals surface area (Å²) in [6.07, 6.45) is 3.27. The number of aliphatic imine (C=N–C) groups is 1. The van der Waals surface area contributed by atoms with Crippen molar-refractivity contribution in [2.24, 2.45) is 4.99 Å². The number of nitrogens with zero attached hydrogens (tertiary/aromatic N) is 1. The van der Waals surface area contributed by atoms with Gasteiger partial charge in [0.2, 0.25) is 0 Å². The summed E-state index contributed by atoms with van der Waals surface area (Å²) in [6.45, 7) is 4.54. The van der Waals surface area contributed by atoms with Gasteiger partial charge in [0.1, 0.15) is 5.75 Å². The summed E-state index contributed by atoms with van der Waals surface area (Å²) in [5, 5.41) is 6.61. The van der Waals surface area contributed by atoms with Crippen molar-refractivity contribution in [3.05, 3.63) is 29.8 Å². The van der Waals surface area contributed by atoms with E-state index in [4.69, 9.17) is 4.74 Å².